The van der Waals surface area contributed by atoms with Crippen LogP contribution < -0.4 is 0 Å². The molecule has 0 amide bonds. The van der Waals surface area contributed by atoms with Crippen LogP contribution in [0.4, 0.5) is 0 Å². The highest BCUT2D eigenvalue weighted by Gasteiger charge is 2.23. The number of ether oxygens (including phenoxy) is 1. The van der Waals surface area contributed by atoms with Crippen LogP contribution in [0.15, 0.2) is 24.3 Å². The van der Waals surface area contributed by atoms with Gasteiger partial charge in [0, 0.05) is 5.56 Å². The third kappa shape index (κ3) is 1.57. The largest absolute Gasteiger partial charge is 0.370 e. The third-order valence-corrected chi connectivity index (χ3v) is 2.96. The van der Waals surface area contributed by atoms with Crippen LogP contribution in [-0.4, -0.2) is 16.1 Å². The second-order valence-electron chi connectivity index (χ2n) is 4.17. The van der Waals surface area contributed by atoms with E-state index in [1.165, 1.54) is 5.56 Å². The molecule has 2 aromatic rings. The van der Waals surface area contributed by atoms with Crippen molar-refractivity contribution in [2.45, 2.75) is 20.1 Å². The van der Waals surface area contributed by atoms with Gasteiger partial charge in [-0.1, -0.05) is 12.1 Å². The number of nitrogens with zero attached hydrogens (tertiary/aromatic N) is 2. The molecule has 0 atom stereocenters. The van der Waals surface area contributed by atoms with Crippen molar-refractivity contribution in [3.63, 3.8) is 0 Å². The van der Waals surface area contributed by atoms with Crippen LogP contribution >= 0.6 is 0 Å². The molecule has 1 aliphatic rings. The summed E-state index contributed by atoms with van der Waals surface area (Å²) in [6.45, 7) is 3.03. The minimum atomic E-state index is 0.481. The number of hydrogen-bond donors (Lipinski definition) is 0. The molecule has 1 aromatic carbocycles. The normalized spacial score (nSPS) is 13.7. The van der Waals surface area contributed by atoms with Crippen molar-refractivity contribution in [2.24, 2.45) is 0 Å². The zero-order valence-electron chi connectivity index (χ0n) is 9.51. The van der Waals surface area contributed by atoms with Crippen molar-refractivity contribution >= 4 is 6.29 Å². The Morgan fingerprint density at radius 3 is 3.06 bits per heavy atom. The van der Waals surface area contributed by atoms with Crippen LogP contribution in [0, 0.1) is 6.92 Å². The van der Waals surface area contributed by atoms with Crippen molar-refractivity contribution in [3.8, 4) is 5.69 Å². The maximum Gasteiger partial charge on any atom is 0.170 e. The molecule has 0 bridgehead atoms. The summed E-state index contributed by atoms with van der Waals surface area (Å²) in [6.07, 6.45) is 0.791. The van der Waals surface area contributed by atoms with E-state index in [2.05, 4.69) is 5.10 Å². The molecule has 3 rings (SSSR count). The van der Waals surface area contributed by atoms with Gasteiger partial charge in [-0.15, -0.1) is 0 Å². The number of hydrogen-bond acceptors (Lipinski definition) is 3. The Labute approximate surface area is 98.8 Å². The van der Waals surface area contributed by atoms with Gasteiger partial charge in [0.2, 0.25) is 0 Å². The van der Waals surface area contributed by atoms with E-state index in [4.69, 9.17) is 4.74 Å². The number of benzene rings is 1. The Morgan fingerprint density at radius 2 is 2.29 bits per heavy atom. The first-order chi connectivity index (χ1) is 8.29. The van der Waals surface area contributed by atoms with Crippen LogP contribution in [0.3, 0.4) is 0 Å². The van der Waals surface area contributed by atoms with E-state index in [1.54, 1.807) is 4.68 Å². The predicted octanol–water partition coefficient (Wildman–Crippen LogP) is 2.02. The van der Waals surface area contributed by atoms with E-state index in [-0.39, 0.29) is 0 Å². The predicted molar refractivity (Wildman–Crippen MR) is 62.2 cm³/mol. The van der Waals surface area contributed by atoms with Crippen molar-refractivity contribution in [2.75, 3.05) is 0 Å². The molecule has 0 saturated carbocycles. The number of aromatic nitrogens is 2. The number of rotatable bonds is 2. The zero-order chi connectivity index (χ0) is 11.8. The van der Waals surface area contributed by atoms with Gasteiger partial charge < -0.3 is 4.74 Å². The molecule has 4 nitrogen and oxygen atoms in total. The molecule has 0 N–H and O–H groups in total. The molecular weight excluding hydrogens is 216 g/mol. The van der Waals surface area contributed by atoms with Crippen LogP contribution in [0.25, 0.3) is 5.69 Å². The molecule has 1 aromatic heterocycles. The van der Waals surface area contributed by atoms with Crippen molar-refractivity contribution in [1.82, 2.24) is 9.78 Å². The molecule has 1 aliphatic heterocycles. The quantitative estimate of drug-likeness (QED) is 0.739. The summed E-state index contributed by atoms with van der Waals surface area (Å²) in [5.41, 5.74) is 4.52. The number of fused-ring (bicyclic) bond motifs is 1. The second-order valence-corrected chi connectivity index (χ2v) is 4.17. The van der Waals surface area contributed by atoms with Crippen LogP contribution in [0.2, 0.25) is 0 Å². The summed E-state index contributed by atoms with van der Waals surface area (Å²) in [5.74, 6) is 0. The highest BCUT2D eigenvalue weighted by atomic mass is 16.5. The van der Waals surface area contributed by atoms with Gasteiger partial charge in [-0.25, -0.2) is 4.68 Å². The lowest BCUT2D eigenvalue weighted by Gasteiger charge is -2.05. The fourth-order valence-corrected chi connectivity index (χ4v) is 2.13. The van der Waals surface area contributed by atoms with Gasteiger partial charge in [0.15, 0.2) is 6.29 Å². The maximum atomic E-state index is 10.9. The molecule has 0 aliphatic carbocycles. The average molecular weight is 228 g/mol. The van der Waals surface area contributed by atoms with Gasteiger partial charge in [0.05, 0.1) is 24.6 Å². The number of carbonyl (C=O) groups is 1. The van der Waals surface area contributed by atoms with E-state index >= 15 is 0 Å². The zero-order valence-corrected chi connectivity index (χ0v) is 9.51. The maximum absolute atomic E-state index is 10.9. The first-order valence-corrected chi connectivity index (χ1v) is 5.50. The summed E-state index contributed by atoms with van der Waals surface area (Å²) < 4.78 is 7.17. The lowest BCUT2D eigenvalue weighted by molar-refractivity contribution is 0.110. The first kappa shape index (κ1) is 10.2. The van der Waals surface area contributed by atoms with Crippen molar-refractivity contribution in [3.05, 3.63) is 46.8 Å². The van der Waals surface area contributed by atoms with Gasteiger partial charge in [0.1, 0.15) is 5.69 Å². The minimum absolute atomic E-state index is 0.481. The lowest BCUT2D eigenvalue weighted by Crippen LogP contribution is -2.02. The van der Waals surface area contributed by atoms with Crippen molar-refractivity contribution < 1.29 is 9.53 Å². The fraction of sp³-hybridized carbons (Fsp3) is 0.231. The standard InChI is InChI=1S/C13H12N2O2/c1-9-3-2-4-10(5-9)15-13-8-17-7-11(13)12(6-16)14-15/h2-6H,7-8H2,1H3. The van der Waals surface area contributed by atoms with Gasteiger partial charge >= 0.3 is 0 Å². The topological polar surface area (TPSA) is 44.1 Å². The van der Waals surface area contributed by atoms with Crippen molar-refractivity contribution in [1.29, 1.82) is 0 Å². The van der Waals surface area contributed by atoms with E-state index in [0.29, 0.717) is 18.9 Å². The number of aryl methyl sites for hydroxylation is 1. The molecule has 0 spiro atoms. The van der Waals surface area contributed by atoms with E-state index in [9.17, 15) is 4.79 Å². The summed E-state index contributed by atoms with van der Waals surface area (Å²) >= 11 is 0. The summed E-state index contributed by atoms with van der Waals surface area (Å²) in [5, 5.41) is 4.33. The van der Waals surface area contributed by atoms with Gasteiger partial charge in [-0.3, -0.25) is 4.79 Å². The van der Waals surface area contributed by atoms with Crippen LogP contribution in [-0.2, 0) is 18.0 Å². The molecule has 17 heavy (non-hydrogen) atoms. The Balaban J connectivity index is 2.18. The van der Waals surface area contributed by atoms with Crippen LogP contribution in [0.5, 0.6) is 0 Å². The highest BCUT2D eigenvalue weighted by molar-refractivity contribution is 5.75. The molecule has 4 heteroatoms. The SMILES string of the molecule is Cc1cccc(-n2nc(C=O)c3c2COC3)c1. The molecule has 2 heterocycles. The number of aldehydes is 1. The number of carbonyl (C=O) groups excluding carboxylic acids is 1. The monoisotopic (exact) mass is 228 g/mol. The fourth-order valence-electron chi connectivity index (χ4n) is 2.13. The Morgan fingerprint density at radius 1 is 1.41 bits per heavy atom. The highest BCUT2D eigenvalue weighted by Crippen LogP contribution is 2.25. The Kier molecular flexibility index (Phi) is 2.30. The second kappa shape index (κ2) is 3.82. The smallest absolute Gasteiger partial charge is 0.170 e. The minimum Gasteiger partial charge on any atom is -0.370 e. The van der Waals surface area contributed by atoms with Gasteiger partial charge in [0.25, 0.3) is 0 Å². The van der Waals surface area contributed by atoms with E-state index < -0.39 is 0 Å². The Bertz CT molecular complexity index is 587. The summed E-state index contributed by atoms with van der Waals surface area (Å²) in [6, 6.07) is 8.03. The average Bonchev–Trinajstić information content (AvgIpc) is 2.89. The van der Waals surface area contributed by atoms with Crippen LogP contribution in [0.1, 0.15) is 27.3 Å². The Hall–Kier alpha value is -1.94. The first-order valence-electron chi connectivity index (χ1n) is 5.50. The molecule has 0 radical (unpaired) electrons. The third-order valence-electron chi connectivity index (χ3n) is 2.96. The van der Waals surface area contributed by atoms with Gasteiger partial charge in [-0.2, -0.15) is 5.10 Å². The molecule has 0 fully saturated rings. The molecule has 86 valence electrons. The van der Waals surface area contributed by atoms with Gasteiger partial charge in [-0.05, 0) is 24.6 Å². The van der Waals surface area contributed by atoms with E-state index in [0.717, 1.165) is 23.2 Å². The lowest BCUT2D eigenvalue weighted by atomic mass is 10.2. The molecule has 0 unspecified atom stereocenters. The molecular formula is C13H12N2O2. The molecule has 0 saturated heterocycles. The van der Waals surface area contributed by atoms with E-state index in [1.807, 2.05) is 31.2 Å². The summed E-state index contributed by atoms with van der Waals surface area (Å²) in [7, 11) is 0. The summed E-state index contributed by atoms with van der Waals surface area (Å²) in [4.78, 5) is 10.9.